The highest BCUT2D eigenvalue weighted by atomic mass is 35.5. The Morgan fingerprint density at radius 3 is 2.24 bits per heavy atom. The van der Waals surface area contributed by atoms with E-state index in [1.165, 1.54) is 12.2 Å². The van der Waals surface area contributed by atoms with E-state index < -0.39 is 18.5 Å². The summed E-state index contributed by atoms with van der Waals surface area (Å²) in [6, 6.07) is 23.3. The van der Waals surface area contributed by atoms with Gasteiger partial charge < -0.3 is 14.8 Å². The van der Waals surface area contributed by atoms with Crippen LogP contribution in [0.1, 0.15) is 5.56 Å². The van der Waals surface area contributed by atoms with E-state index in [2.05, 4.69) is 5.32 Å². The average molecular weight is 408 g/mol. The molecule has 0 bridgehead atoms. The molecule has 29 heavy (non-hydrogen) atoms. The Balaban J connectivity index is 1.45. The van der Waals surface area contributed by atoms with Crippen LogP contribution < -0.4 is 10.1 Å². The topological polar surface area (TPSA) is 64.6 Å². The SMILES string of the molecule is O=C(COC(=O)/C=C/c1ccccc1Cl)Nc1ccc(Oc2ccccc2)cc1. The van der Waals surface area contributed by atoms with Crippen LogP contribution in [0.3, 0.4) is 0 Å². The predicted octanol–water partition coefficient (Wildman–Crippen LogP) is 5.33. The molecule has 0 saturated heterocycles. The van der Waals surface area contributed by atoms with Crippen molar-refractivity contribution >= 4 is 35.2 Å². The summed E-state index contributed by atoms with van der Waals surface area (Å²) < 4.78 is 10.6. The molecule has 1 amide bonds. The van der Waals surface area contributed by atoms with Crippen LogP contribution in [-0.2, 0) is 14.3 Å². The number of nitrogens with one attached hydrogen (secondary N) is 1. The molecule has 3 rings (SSSR count). The van der Waals surface area contributed by atoms with Gasteiger partial charge in [0.1, 0.15) is 11.5 Å². The normalized spacial score (nSPS) is 10.5. The molecule has 5 nitrogen and oxygen atoms in total. The minimum atomic E-state index is -0.633. The largest absolute Gasteiger partial charge is 0.457 e. The first-order valence-corrected chi connectivity index (χ1v) is 9.20. The molecule has 3 aromatic carbocycles. The lowest BCUT2D eigenvalue weighted by atomic mass is 10.2. The summed E-state index contributed by atoms with van der Waals surface area (Å²) in [4.78, 5) is 23.7. The van der Waals surface area contributed by atoms with E-state index in [9.17, 15) is 9.59 Å². The number of anilines is 1. The first kappa shape index (κ1) is 20.2. The number of ether oxygens (including phenoxy) is 2. The van der Waals surface area contributed by atoms with Gasteiger partial charge in [-0.05, 0) is 54.1 Å². The summed E-state index contributed by atoms with van der Waals surface area (Å²) in [5.41, 5.74) is 1.26. The van der Waals surface area contributed by atoms with Crippen molar-refractivity contribution < 1.29 is 19.1 Å². The van der Waals surface area contributed by atoms with Crippen LogP contribution in [0.4, 0.5) is 5.69 Å². The molecule has 0 saturated carbocycles. The van der Waals surface area contributed by atoms with Gasteiger partial charge in [0.15, 0.2) is 6.61 Å². The Morgan fingerprint density at radius 1 is 0.862 bits per heavy atom. The number of carbonyl (C=O) groups excluding carboxylic acids is 2. The van der Waals surface area contributed by atoms with Crippen molar-refractivity contribution in [1.82, 2.24) is 0 Å². The summed E-state index contributed by atoms with van der Waals surface area (Å²) in [5, 5.41) is 3.18. The summed E-state index contributed by atoms with van der Waals surface area (Å²) >= 11 is 6.01. The molecular weight excluding hydrogens is 390 g/mol. The van der Waals surface area contributed by atoms with E-state index in [-0.39, 0.29) is 0 Å². The average Bonchev–Trinajstić information content (AvgIpc) is 2.74. The maximum atomic E-state index is 12.0. The molecule has 0 aliphatic carbocycles. The van der Waals surface area contributed by atoms with Gasteiger partial charge in [0.2, 0.25) is 0 Å². The summed E-state index contributed by atoms with van der Waals surface area (Å²) in [6.45, 7) is -0.395. The van der Waals surface area contributed by atoms with Crippen molar-refractivity contribution in [2.75, 3.05) is 11.9 Å². The second kappa shape index (κ2) is 10.1. The molecule has 0 aromatic heterocycles. The zero-order valence-corrected chi connectivity index (χ0v) is 16.1. The van der Waals surface area contributed by atoms with Crippen molar-refractivity contribution in [3.05, 3.63) is 95.5 Å². The molecule has 0 heterocycles. The Bertz CT molecular complexity index is 1000. The molecule has 0 fully saturated rings. The van der Waals surface area contributed by atoms with Crippen LogP contribution in [-0.4, -0.2) is 18.5 Å². The van der Waals surface area contributed by atoms with E-state index in [1.807, 2.05) is 30.3 Å². The fourth-order valence-corrected chi connectivity index (χ4v) is 2.58. The molecule has 0 radical (unpaired) electrons. The van der Waals surface area contributed by atoms with E-state index in [4.69, 9.17) is 21.1 Å². The Kier molecular flexibility index (Phi) is 7.03. The minimum absolute atomic E-state index is 0.395. The fraction of sp³-hybridized carbons (Fsp3) is 0.0435. The molecule has 1 N–H and O–H groups in total. The quantitative estimate of drug-likeness (QED) is 0.425. The van der Waals surface area contributed by atoms with E-state index in [1.54, 1.807) is 48.5 Å². The highest BCUT2D eigenvalue weighted by Gasteiger charge is 2.06. The van der Waals surface area contributed by atoms with Gasteiger partial charge in [-0.25, -0.2) is 4.79 Å². The van der Waals surface area contributed by atoms with Gasteiger partial charge in [0.05, 0.1) is 0 Å². The Labute approximate surface area is 173 Å². The van der Waals surface area contributed by atoms with Gasteiger partial charge in [-0.15, -0.1) is 0 Å². The number of amides is 1. The molecule has 0 atom stereocenters. The lowest BCUT2D eigenvalue weighted by Crippen LogP contribution is -2.20. The van der Waals surface area contributed by atoms with E-state index >= 15 is 0 Å². The molecule has 3 aromatic rings. The van der Waals surface area contributed by atoms with E-state index in [0.717, 1.165) is 5.75 Å². The number of para-hydroxylation sites is 1. The highest BCUT2D eigenvalue weighted by molar-refractivity contribution is 6.32. The standard InChI is InChI=1S/C23H18ClNO4/c24-21-9-5-4-6-17(21)10-15-23(27)28-16-22(26)25-18-11-13-20(14-12-18)29-19-7-2-1-3-8-19/h1-15H,16H2,(H,25,26)/b15-10+. The maximum absolute atomic E-state index is 12.0. The van der Waals surface area contributed by atoms with Gasteiger partial charge in [0.25, 0.3) is 5.91 Å². The zero-order valence-electron chi connectivity index (χ0n) is 15.4. The number of hydrogen-bond acceptors (Lipinski definition) is 4. The number of carbonyl (C=O) groups is 2. The first-order valence-electron chi connectivity index (χ1n) is 8.82. The van der Waals surface area contributed by atoms with E-state index in [0.29, 0.717) is 22.0 Å². The van der Waals surface area contributed by atoms with Gasteiger partial charge in [0, 0.05) is 16.8 Å². The zero-order chi connectivity index (χ0) is 20.5. The second-order valence-corrected chi connectivity index (χ2v) is 6.36. The number of benzene rings is 3. The number of hydrogen-bond donors (Lipinski definition) is 1. The molecule has 0 unspecified atom stereocenters. The van der Waals surface area contributed by atoms with Crippen LogP contribution in [0.5, 0.6) is 11.5 Å². The molecule has 0 spiro atoms. The monoisotopic (exact) mass is 407 g/mol. The molecule has 0 aliphatic heterocycles. The van der Waals surface area contributed by atoms with Gasteiger partial charge >= 0.3 is 5.97 Å². The summed E-state index contributed by atoms with van der Waals surface area (Å²) in [5.74, 6) is 0.291. The summed E-state index contributed by atoms with van der Waals surface area (Å²) in [6.07, 6.45) is 2.76. The Morgan fingerprint density at radius 2 is 1.52 bits per heavy atom. The lowest BCUT2D eigenvalue weighted by molar-refractivity contribution is -0.142. The maximum Gasteiger partial charge on any atom is 0.331 e. The lowest BCUT2D eigenvalue weighted by Gasteiger charge is -2.08. The smallest absolute Gasteiger partial charge is 0.331 e. The van der Waals surface area contributed by atoms with Crippen LogP contribution in [0.2, 0.25) is 5.02 Å². The molecule has 6 heteroatoms. The van der Waals surface area contributed by atoms with Crippen LogP contribution in [0.15, 0.2) is 84.9 Å². The van der Waals surface area contributed by atoms with Gasteiger partial charge in [-0.1, -0.05) is 48.0 Å². The third-order valence-corrected chi connectivity index (χ3v) is 4.11. The van der Waals surface area contributed by atoms with Crippen molar-refractivity contribution in [3.8, 4) is 11.5 Å². The fourth-order valence-electron chi connectivity index (χ4n) is 2.38. The van der Waals surface area contributed by atoms with Crippen molar-refractivity contribution in [1.29, 1.82) is 0 Å². The summed E-state index contributed by atoms with van der Waals surface area (Å²) in [7, 11) is 0. The van der Waals surface area contributed by atoms with Crippen molar-refractivity contribution in [2.45, 2.75) is 0 Å². The number of rotatable bonds is 7. The number of halogens is 1. The predicted molar refractivity (Wildman–Crippen MR) is 113 cm³/mol. The first-order chi connectivity index (χ1) is 14.1. The van der Waals surface area contributed by atoms with Crippen LogP contribution in [0.25, 0.3) is 6.08 Å². The Hall–Kier alpha value is -3.57. The molecular formula is C23H18ClNO4. The minimum Gasteiger partial charge on any atom is -0.457 e. The number of esters is 1. The van der Waals surface area contributed by atoms with Crippen LogP contribution >= 0.6 is 11.6 Å². The highest BCUT2D eigenvalue weighted by Crippen LogP contribution is 2.22. The third-order valence-electron chi connectivity index (χ3n) is 3.77. The molecule has 0 aliphatic rings. The second-order valence-electron chi connectivity index (χ2n) is 5.95. The van der Waals surface area contributed by atoms with Gasteiger partial charge in [-0.3, -0.25) is 4.79 Å². The van der Waals surface area contributed by atoms with Crippen LogP contribution in [0, 0.1) is 0 Å². The van der Waals surface area contributed by atoms with Crippen molar-refractivity contribution in [2.24, 2.45) is 0 Å². The van der Waals surface area contributed by atoms with Crippen molar-refractivity contribution in [3.63, 3.8) is 0 Å². The van der Waals surface area contributed by atoms with Gasteiger partial charge in [-0.2, -0.15) is 0 Å². The third kappa shape index (κ3) is 6.52. The molecule has 146 valence electrons.